The van der Waals surface area contributed by atoms with E-state index in [0.29, 0.717) is 30.0 Å². The lowest BCUT2D eigenvalue weighted by Crippen LogP contribution is -2.46. The Morgan fingerprint density at radius 1 is 1.38 bits per heavy atom. The van der Waals surface area contributed by atoms with Gasteiger partial charge in [-0.15, -0.1) is 0 Å². The Morgan fingerprint density at radius 2 is 2.14 bits per heavy atom. The molecule has 0 saturated carbocycles. The highest BCUT2D eigenvalue weighted by atomic mass is 35.5. The van der Waals surface area contributed by atoms with Crippen LogP contribution < -0.4 is 5.73 Å². The zero-order valence-electron chi connectivity index (χ0n) is 11.3. The zero-order chi connectivity index (χ0) is 15.1. The molecule has 1 amide bonds. The number of carboxylic acid groups (broad SMARTS) is 1. The van der Waals surface area contributed by atoms with Gasteiger partial charge in [-0.3, -0.25) is 4.79 Å². The number of hydrogen-bond donors (Lipinski definition) is 2. The Balaban J connectivity index is 1.96. The summed E-state index contributed by atoms with van der Waals surface area (Å²) in [6.45, 7) is 0. The average Bonchev–Trinajstić information content (AvgIpc) is 2.86. The fourth-order valence-corrected chi connectivity index (χ4v) is 3.36. The second-order valence-corrected chi connectivity index (χ2v) is 5.87. The first-order valence-electron chi connectivity index (χ1n) is 6.78. The van der Waals surface area contributed by atoms with Crippen LogP contribution in [0.2, 0.25) is 5.02 Å². The van der Waals surface area contributed by atoms with Crippen LogP contribution in [0.1, 0.15) is 24.8 Å². The van der Waals surface area contributed by atoms with Crippen molar-refractivity contribution in [3.63, 3.8) is 0 Å². The number of aliphatic carboxylic acids is 1. The van der Waals surface area contributed by atoms with Gasteiger partial charge in [0.05, 0.1) is 0 Å². The summed E-state index contributed by atoms with van der Waals surface area (Å²) in [6.07, 6.45) is 3.29. The summed E-state index contributed by atoms with van der Waals surface area (Å²) in [7, 11) is 0. The quantitative estimate of drug-likeness (QED) is 0.820. The molecule has 3 N–H and O–H groups in total. The second kappa shape index (κ2) is 5.07. The Morgan fingerprint density at radius 3 is 2.86 bits per heavy atom. The summed E-state index contributed by atoms with van der Waals surface area (Å²) >= 11 is 5.99. The number of carbonyl (C=O) groups excluding carboxylic acids is 1. The topological polar surface area (TPSA) is 83.6 Å². The average molecular weight is 307 g/mol. The summed E-state index contributed by atoms with van der Waals surface area (Å²) in [4.78, 5) is 25.0. The molecule has 2 heterocycles. The van der Waals surface area contributed by atoms with E-state index in [1.54, 1.807) is 18.2 Å². The van der Waals surface area contributed by atoms with Crippen LogP contribution in [-0.2, 0) is 9.59 Å². The van der Waals surface area contributed by atoms with Crippen LogP contribution in [0.5, 0.6) is 0 Å². The minimum atomic E-state index is -0.940. The van der Waals surface area contributed by atoms with Crippen molar-refractivity contribution >= 4 is 34.7 Å². The van der Waals surface area contributed by atoms with E-state index in [1.807, 2.05) is 0 Å². The molecule has 0 spiro atoms. The number of amides is 1. The molecular formula is C15H15ClN2O3. The summed E-state index contributed by atoms with van der Waals surface area (Å²) in [5.74, 6) is -1.20. The van der Waals surface area contributed by atoms with Crippen molar-refractivity contribution in [3.8, 4) is 0 Å². The fraction of sp³-hybridized carbons (Fsp3) is 0.333. The van der Waals surface area contributed by atoms with Gasteiger partial charge in [-0.2, -0.15) is 0 Å². The van der Waals surface area contributed by atoms with Crippen molar-refractivity contribution in [1.29, 1.82) is 0 Å². The number of anilines is 1. The minimum Gasteiger partial charge on any atom is -0.480 e. The monoisotopic (exact) mass is 306 g/mol. The lowest BCUT2D eigenvalue weighted by molar-refractivity contribution is -0.147. The van der Waals surface area contributed by atoms with Gasteiger partial charge >= 0.3 is 5.97 Å². The Kier molecular flexibility index (Phi) is 3.37. The predicted molar refractivity (Wildman–Crippen MR) is 79.8 cm³/mol. The lowest BCUT2D eigenvalue weighted by Gasteiger charge is -2.32. The molecule has 0 aromatic heterocycles. The van der Waals surface area contributed by atoms with Gasteiger partial charge in [0.1, 0.15) is 6.04 Å². The second-order valence-electron chi connectivity index (χ2n) is 5.44. The number of nitrogen functional groups attached to an aromatic ring is 1. The molecule has 1 unspecified atom stereocenters. The van der Waals surface area contributed by atoms with Crippen molar-refractivity contribution in [3.05, 3.63) is 34.9 Å². The molecule has 1 fully saturated rings. The Labute approximate surface area is 127 Å². The minimum absolute atomic E-state index is 0.0722. The van der Waals surface area contributed by atoms with E-state index in [0.717, 1.165) is 11.1 Å². The number of nitrogens with zero attached hydrogens (tertiary/aromatic N) is 1. The van der Waals surface area contributed by atoms with Gasteiger partial charge in [-0.1, -0.05) is 11.6 Å². The number of carbonyl (C=O) groups is 2. The van der Waals surface area contributed by atoms with Crippen LogP contribution in [0.25, 0.3) is 5.57 Å². The van der Waals surface area contributed by atoms with Crippen molar-refractivity contribution in [1.82, 2.24) is 4.90 Å². The predicted octanol–water partition coefficient (Wildman–Crippen LogP) is 2.15. The van der Waals surface area contributed by atoms with Gasteiger partial charge in [0.2, 0.25) is 5.91 Å². The van der Waals surface area contributed by atoms with Crippen molar-refractivity contribution in [2.45, 2.75) is 31.3 Å². The number of hydrogen-bond acceptors (Lipinski definition) is 3. The third kappa shape index (κ3) is 2.38. The smallest absolute Gasteiger partial charge is 0.326 e. The largest absolute Gasteiger partial charge is 0.480 e. The first kappa shape index (κ1) is 13.9. The first-order valence-corrected chi connectivity index (χ1v) is 7.16. The fourth-order valence-electron chi connectivity index (χ4n) is 3.19. The van der Waals surface area contributed by atoms with Gasteiger partial charge in [0, 0.05) is 28.4 Å². The molecule has 2 aliphatic heterocycles. The van der Waals surface area contributed by atoms with Gasteiger partial charge in [0.25, 0.3) is 0 Å². The molecule has 2 atom stereocenters. The van der Waals surface area contributed by atoms with Gasteiger partial charge < -0.3 is 15.7 Å². The third-order valence-electron chi connectivity index (χ3n) is 4.16. The molecule has 1 saturated heterocycles. The van der Waals surface area contributed by atoms with Gasteiger partial charge in [-0.05, 0) is 43.0 Å². The van der Waals surface area contributed by atoms with Crippen molar-refractivity contribution in [2.24, 2.45) is 0 Å². The summed E-state index contributed by atoms with van der Waals surface area (Å²) < 4.78 is 0. The highest BCUT2D eigenvalue weighted by Gasteiger charge is 2.42. The maximum atomic E-state index is 12.3. The molecule has 2 aliphatic rings. The molecule has 5 nitrogen and oxygen atoms in total. The first-order chi connectivity index (χ1) is 9.97. The summed E-state index contributed by atoms with van der Waals surface area (Å²) in [6, 6.07) is 4.38. The number of rotatable bonds is 2. The number of halogens is 1. The SMILES string of the molecule is Nc1ccc(Cl)cc1C1=CC(=O)N2C(CC[C@H]2C(=O)O)C1. The standard InChI is InChI=1S/C15H15ClN2O3/c16-9-1-3-12(17)11(7-9)8-5-10-2-4-13(15(20)21)18(10)14(19)6-8/h1,3,6-7,10,13H,2,4-5,17H2,(H,20,21)/t10?,13-/m0/s1. The molecule has 1 aromatic carbocycles. The van der Waals surface area contributed by atoms with E-state index in [9.17, 15) is 14.7 Å². The van der Waals surface area contributed by atoms with Crippen LogP contribution in [0.15, 0.2) is 24.3 Å². The van der Waals surface area contributed by atoms with Crippen LogP contribution in [-0.4, -0.2) is 34.0 Å². The molecule has 110 valence electrons. The Hall–Kier alpha value is -2.01. The van der Waals surface area contributed by atoms with E-state index in [2.05, 4.69) is 0 Å². The number of benzene rings is 1. The number of carboxylic acids is 1. The summed E-state index contributed by atoms with van der Waals surface area (Å²) in [5, 5.41) is 9.74. The van der Waals surface area contributed by atoms with E-state index in [4.69, 9.17) is 17.3 Å². The normalized spacial score (nSPS) is 24.7. The van der Waals surface area contributed by atoms with Crippen molar-refractivity contribution < 1.29 is 14.7 Å². The molecule has 3 rings (SSSR count). The van der Waals surface area contributed by atoms with Crippen LogP contribution >= 0.6 is 11.6 Å². The molecule has 0 radical (unpaired) electrons. The highest BCUT2D eigenvalue weighted by Crippen LogP contribution is 2.38. The molecular weight excluding hydrogens is 292 g/mol. The van der Waals surface area contributed by atoms with Crippen LogP contribution in [0, 0.1) is 0 Å². The van der Waals surface area contributed by atoms with Gasteiger partial charge in [0.15, 0.2) is 0 Å². The van der Waals surface area contributed by atoms with E-state index in [1.165, 1.54) is 11.0 Å². The van der Waals surface area contributed by atoms with Crippen molar-refractivity contribution in [2.75, 3.05) is 5.73 Å². The number of fused-ring (bicyclic) bond motifs is 1. The van der Waals surface area contributed by atoms with Crippen LogP contribution in [0.3, 0.4) is 0 Å². The zero-order valence-corrected chi connectivity index (χ0v) is 12.0. The maximum absolute atomic E-state index is 12.3. The summed E-state index contributed by atoms with van der Waals surface area (Å²) in [5.41, 5.74) is 8.11. The van der Waals surface area contributed by atoms with Crippen LogP contribution in [0.4, 0.5) is 5.69 Å². The van der Waals surface area contributed by atoms with E-state index >= 15 is 0 Å². The Bertz CT molecular complexity index is 656. The molecule has 6 heteroatoms. The van der Waals surface area contributed by atoms with E-state index < -0.39 is 12.0 Å². The molecule has 0 aliphatic carbocycles. The van der Waals surface area contributed by atoms with E-state index in [-0.39, 0.29) is 11.9 Å². The molecule has 0 bridgehead atoms. The van der Waals surface area contributed by atoms with Gasteiger partial charge in [-0.25, -0.2) is 4.79 Å². The molecule has 1 aromatic rings. The highest BCUT2D eigenvalue weighted by molar-refractivity contribution is 6.30. The maximum Gasteiger partial charge on any atom is 0.326 e. The number of nitrogens with two attached hydrogens (primary N) is 1. The lowest BCUT2D eigenvalue weighted by atomic mass is 9.93. The third-order valence-corrected chi connectivity index (χ3v) is 4.39. The molecule has 21 heavy (non-hydrogen) atoms.